The fraction of sp³-hybridized carbons (Fsp3) is 0.588. The first kappa shape index (κ1) is 15.0. The predicted octanol–water partition coefficient (Wildman–Crippen LogP) is 4.38. The van der Waals surface area contributed by atoms with Gasteiger partial charge in [0.2, 0.25) is 0 Å². The maximum atomic E-state index is 12.9. The Labute approximate surface area is 134 Å². The Morgan fingerprint density at radius 2 is 2.14 bits per heavy atom. The molecule has 2 aliphatic rings. The largest absolute Gasteiger partial charge is 0.497 e. The summed E-state index contributed by atoms with van der Waals surface area (Å²) in [6.07, 6.45) is 6.36. The number of carbonyl (C=O) groups is 1. The third kappa shape index (κ3) is 3.02. The molecule has 3 rings (SSSR count). The third-order valence-corrected chi connectivity index (χ3v) is 5.51. The molecule has 1 aliphatic heterocycles. The number of carbonyl (C=O) groups excluding carboxylic acids is 1. The highest BCUT2D eigenvalue weighted by Gasteiger charge is 2.42. The summed E-state index contributed by atoms with van der Waals surface area (Å²) in [7, 11) is 1.62. The van der Waals surface area contributed by atoms with Gasteiger partial charge < -0.3 is 9.47 Å². The molecule has 114 valence electrons. The number of halogens is 1. The van der Waals surface area contributed by atoms with Crippen molar-refractivity contribution < 1.29 is 14.3 Å². The second-order valence-corrected chi connectivity index (χ2v) is 6.99. The monoisotopic (exact) mass is 352 g/mol. The summed E-state index contributed by atoms with van der Waals surface area (Å²) in [5.41, 5.74) is 0.707. The second kappa shape index (κ2) is 6.09. The SMILES string of the molecule is COc1ccc(Br)c(C(=O)C2CCOC3(CCCC3)C2)c1. The Kier molecular flexibility index (Phi) is 4.36. The lowest BCUT2D eigenvalue weighted by atomic mass is 9.80. The van der Waals surface area contributed by atoms with Gasteiger partial charge in [-0.2, -0.15) is 0 Å². The van der Waals surface area contributed by atoms with Crippen molar-refractivity contribution in [2.45, 2.75) is 44.1 Å². The maximum absolute atomic E-state index is 12.9. The standard InChI is InChI=1S/C17H21BrO3/c1-20-13-4-5-15(18)14(10-13)16(19)12-6-9-21-17(11-12)7-2-3-8-17/h4-5,10,12H,2-3,6-9,11H2,1H3. The molecule has 1 unspecified atom stereocenters. The molecule has 2 fully saturated rings. The van der Waals surface area contributed by atoms with Gasteiger partial charge in [0.25, 0.3) is 0 Å². The lowest BCUT2D eigenvalue weighted by Gasteiger charge is -2.37. The van der Waals surface area contributed by atoms with Crippen LogP contribution in [0.3, 0.4) is 0 Å². The molecule has 0 N–H and O–H groups in total. The molecule has 0 aromatic heterocycles. The van der Waals surface area contributed by atoms with E-state index in [1.807, 2.05) is 18.2 Å². The van der Waals surface area contributed by atoms with Crippen molar-refractivity contribution in [3.8, 4) is 5.75 Å². The van der Waals surface area contributed by atoms with Crippen LogP contribution in [0.1, 0.15) is 48.9 Å². The minimum atomic E-state index is -0.0239. The average Bonchev–Trinajstić information content (AvgIpc) is 2.95. The molecule has 1 aliphatic carbocycles. The number of methoxy groups -OCH3 is 1. The highest BCUT2D eigenvalue weighted by molar-refractivity contribution is 9.10. The minimum Gasteiger partial charge on any atom is -0.497 e. The van der Waals surface area contributed by atoms with Crippen molar-refractivity contribution in [2.75, 3.05) is 13.7 Å². The zero-order chi connectivity index (χ0) is 14.9. The molecule has 1 saturated heterocycles. The van der Waals surface area contributed by atoms with E-state index in [4.69, 9.17) is 9.47 Å². The van der Waals surface area contributed by atoms with Gasteiger partial charge >= 0.3 is 0 Å². The van der Waals surface area contributed by atoms with Crippen LogP contribution in [0, 0.1) is 5.92 Å². The van der Waals surface area contributed by atoms with Crippen LogP contribution in [0.2, 0.25) is 0 Å². The number of Topliss-reactive ketones (excluding diaryl/α,β-unsaturated/α-hetero) is 1. The molecule has 1 aromatic carbocycles. The number of benzene rings is 1. The first-order chi connectivity index (χ1) is 10.1. The Balaban J connectivity index is 1.81. The molecule has 0 amide bonds. The van der Waals surface area contributed by atoms with Crippen molar-refractivity contribution in [1.82, 2.24) is 0 Å². The van der Waals surface area contributed by atoms with Gasteiger partial charge in [0.15, 0.2) is 5.78 Å². The van der Waals surface area contributed by atoms with Crippen molar-refractivity contribution in [3.05, 3.63) is 28.2 Å². The van der Waals surface area contributed by atoms with Gasteiger partial charge in [-0.3, -0.25) is 4.79 Å². The Morgan fingerprint density at radius 3 is 2.86 bits per heavy atom. The van der Waals surface area contributed by atoms with Crippen LogP contribution in [0.4, 0.5) is 0 Å². The number of hydrogen-bond donors (Lipinski definition) is 0. The van der Waals surface area contributed by atoms with Gasteiger partial charge in [-0.15, -0.1) is 0 Å². The highest BCUT2D eigenvalue weighted by atomic mass is 79.9. The number of ketones is 1. The normalized spacial score (nSPS) is 24.2. The van der Waals surface area contributed by atoms with Gasteiger partial charge in [0, 0.05) is 22.6 Å². The number of hydrogen-bond acceptors (Lipinski definition) is 3. The van der Waals surface area contributed by atoms with E-state index in [9.17, 15) is 4.79 Å². The van der Waals surface area contributed by atoms with Crippen molar-refractivity contribution in [1.29, 1.82) is 0 Å². The fourth-order valence-corrected chi connectivity index (χ4v) is 4.10. The fourth-order valence-electron chi connectivity index (χ4n) is 3.66. The zero-order valence-corrected chi connectivity index (χ0v) is 13.9. The second-order valence-electron chi connectivity index (χ2n) is 6.14. The van der Waals surface area contributed by atoms with Gasteiger partial charge in [0.05, 0.1) is 12.7 Å². The summed E-state index contributed by atoms with van der Waals surface area (Å²) in [6.45, 7) is 0.706. The Hall–Kier alpha value is -0.870. The zero-order valence-electron chi connectivity index (χ0n) is 12.4. The molecule has 3 nitrogen and oxygen atoms in total. The Morgan fingerprint density at radius 1 is 1.38 bits per heavy atom. The topological polar surface area (TPSA) is 35.5 Å². The van der Waals surface area contributed by atoms with E-state index in [1.54, 1.807) is 7.11 Å². The molecular weight excluding hydrogens is 332 g/mol. The van der Waals surface area contributed by atoms with Crippen molar-refractivity contribution >= 4 is 21.7 Å². The van der Waals surface area contributed by atoms with Crippen molar-refractivity contribution in [2.24, 2.45) is 5.92 Å². The van der Waals surface area contributed by atoms with Gasteiger partial charge in [-0.1, -0.05) is 28.8 Å². The Bertz CT molecular complexity index is 535. The summed E-state index contributed by atoms with van der Waals surface area (Å²) in [5, 5.41) is 0. The van der Waals surface area contributed by atoms with E-state index in [-0.39, 0.29) is 17.3 Å². The molecule has 21 heavy (non-hydrogen) atoms. The van der Waals surface area contributed by atoms with Crippen LogP contribution in [0.25, 0.3) is 0 Å². The molecule has 0 radical (unpaired) electrons. The van der Waals surface area contributed by atoms with E-state index in [0.29, 0.717) is 6.61 Å². The quantitative estimate of drug-likeness (QED) is 0.757. The lowest BCUT2D eigenvalue weighted by Crippen LogP contribution is -2.39. The number of rotatable bonds is 3. The highest BCUT2D eigenvalue weighted by Crippen LogP contribution is 2.43. The van der Waals surface area contributed by atoms with Gasteiger partial charge in [-0.05, 0) is 43.9 Å². The molecule has 0 bridgehead atoms. The van der Waals surface area contributed by atoms with Crippen LogP contribution in [0.5, 0.6) is 5.75 Å². The van der Waals surface area contributed by atoms with E-state index < -0.39 is 0 Å². The van der Waals surface area contributed by atoms with E-state index >= 15 is 0 Å². The predicted molar refractivity (Wildman–Crippen MR) is 84.9 cm³/mol. The van der Waals surface area contributed by atoms with Crippen LogP contribution in [-0.4, -0.2) is 25.1 Å². The molecule has 4 heteroatoms. The lowest BCUT2D eigenvalue weighted by molar-refractivity contribution is -0.0866. The van der Waals surface area contributed by atoms with Crippen LogP contribution in [-0.2, 0) is 4.74 Å². The van der Waals surface area contributed by atoms with Gasteiger partial charge in [0.1, 0.15) is 5.75 Å². The summed E-state index contributed by atoms with van der Waals surface area (Å²) >= 11 is 3.49. The summed E-state index contributed by atoms with van der Waals surface area (Å²) in [5.74, 6) is 1.01. The summed E-state index contributed by atoms with van der Waals surface area (Å²) in [4.78, 5) is 12.9. The molecule has 1 spiro atoms. The van der Waals surface area contributed by atoms with Crippen LogP contribution in [0.15, 0.2) is 22.7 Å². The average molecular weight is 353 g/mol. The van der Waals surface area contributed by atoms with E-state index in [0.717, 1.165) is 41.5 Å². The molecule has 1 saturated carbocycles. The molecular formula is C17H21BrO3. The van der Waals surface area contributed by atoms with E-state index in [2.05, 4.69) is 15.9 Å². The first-order valence-electron chi connectivity index (χ1n) is 7.65. The maximum Gasteiger partial charge on any atom is 0.167 e. The summed E-state index contributed by atoms with van der Waals surface area (Å²) in [6, 6.07) is 5.59. The van der Waals surface area contributed by atoms with Crippen molar-refractivity contribution in [3.63, 3.8) is 0 Å². The van der Waals surface area contributed by atoms with Gasteiger partial charge in [-0.25, -0.2) is 0 Å². The molecule has 1 aromatic rings. The van der Waals surface area contributed by atoms with Crippen LogP contribution < -0.4 is 4.74 Å². The van der Waals surface area contributed by atoms with E-state index in [1.165, 1.54) is 12.8 Å². The first-order valence-corrected chi connectivity index (χ1v) is 8.45. The third-order valence-electron chi connectivity index (χ3n) is 4.82. The van der Waals surface area contributed by atoms with Crippen LogP contribution >= 0.6 is 15.9 Å². The summed E-state index contributed by atoms with van der Waals surface area (Å²) < 4.78 is 12.1. The molecule has 1 atom stereocenters. The molecule has 1 heterocycles. The smallest absolute Gasteiger partial charge is 0.167 e. The minimum absolute atomic E-state index is 0.0239. The number of ether oxygens (including phenoxy) is 2.